The van der Waals surface area contributed by atoms with Gasteiger partial charge in [-0.3, -0.25) is 4.79 Å². The number of ether oxygens (including phenoxy) is 1. The monoisotopic (exact) mass is 351 g/mol. The van der Waals surface area contributed by atoms with Crippen LogP contribution in [-0.4, -0.2) is 34.7 Å². The lowest BCUT2D eigenvalue weighted by molar-refractivity contribution is -0.130. The lowest BCUT2D eigenvalue weighted by atomic mass is 10.2. The van der Waals surface area contributed by atoms with Crippen molar-refractivity contribution in [2.45, 2.75) is 19.4 Å². The first-order chi connectivity index (χ1) is 12.7. The molecule has 0 saturated heterocycles. The summed E-state index contributed by atoms with van der Waals surface area (Å²) < 4.78 is 11.2. The smallest absolute Gasteiger partial charge is 0.247 e. The minimum atomic E-state index is 0.0149. The molecule has 6 nitrogen and oxygen atoms in total. The lowest BCUT2D eigenvalue weighted by Crippen LogP contribution is -2.26. The first kappa shape index (κ1) is 17.7. The Balaban J connectivity index is 1.43. The Hall–Kier alpha value is -3.15. The molecule has 0 aliphatic heterocycles. The number of hydrogen-bond donors (Lipinski definition) is 0. The molecule has 0 bridgehead atoms. The average Bonchev–Trinajstić information content (AvgIpc) is 3.15. The van der Waals surface area contributed by atoms with E-state index >= 15 is 0 Å². The van der Waals surface area contributed by atoms with E-state index in [1.807, 2.05) is 60.7 Å². The standard InChI is InChI=1S/C20H21N3O3/c1-23(19(24)13-8-14-25-17-11-6-3-7-12-17)15-18-21-22-20(26-18)16-9-4-2-5-10-16/h2-7,9-12H,8,13-15H2,1H3. The molecule has 1 aromatic heterocycles. The molecule has 0 N–H and O–H groups in total. The van der Waals surface area contributed by atoms with Gasteiger partial charge in [-0.05, 0) is 30.7 Å². The molecule has 1 heterocycles. The van der Waals surface area contributed by atoms with Crippen LogP contribution < -0.4 is 4.74 Å². The van der Waals surface area contributed by atoms with E-state index in [9.17, 15) is 4.79 Å². The van der Waals surface area contributed by atoms with Crippen molar-refractivity contribution in [3.8, 4) is 17.2 Å². The van der Waals surface area contributed by atoms with Gasteiger partial charge in [0.15, 0.2) is 0 Å². The molecule has 0 radical (unpaired) electrons. The van der Waals surface area contributed by atoms with Crippen LogP contribution in [-0.2, 0) is 11.3 Å². The summed E-state index contributed by atoms with van der Waals surface area (Å²) in [5, 5.41) is 8.05. The highest BCUT2D eigenvalue weighted by molar-refractivity contribution is 5.75. The van der Waals surface area contributed by atoms with Gasteiger partial charge in [-0.25, -0.2) is 0 Å². The third-order valence-corrected chi connectivity index (χ3v) is 3.83. The van der Waals surface area contributed by atoms with Crippen molar-refractivity contribution in [1.82, 2.24) is 15.1 Å². The number of hydrogen-bond acceptors (Lipinski definition) is 5. The molecule has 26 heavy (non-hydrogen) atoms. The van der Waals surface area contributed by atoms with E-state index in [1.165, 1.54) is 0 Å². The fourth-order valence-corrected chi connectivity index (χ4v) is 2.43. The predicted molar refractivity (Wildman–Crippen MR) is 97.4 cm³/mol. The lowest BCUT2D eigenvalue weighted by Gasteiger charge is -2.14. The van der Waals surface area contributed by atoms with E-state index in [1.54, 1.807) is 11.9 Å². The molecule has 0 spiro atoms. The number of benzene rings is 2. The molecular weight excluding hydrogens is 330 g/mol. The van der Waals surface area contributed by atoms with Crippen LogP contribution in [0.3, 0.4) is 0 Å². The fraction of sp³-hybridized carbons (Fsp3) is 0.250. The number of para-hydroxylation sites is 1. The quantitative estimate of drug-likeness (QED) is 0.581. The maximum absolute atomic E-state index is 12.2. The second kappa shape index (κ2) is 8.80. The first-order valence-electron chi connectivity index (χ1n) is 8.52. The molecule has 6 heteroatoms. The van der Waals surface area contributed by atoms with Gasteiger partial charge in [-0.1, -0.05) is 36.4 Å². The summed E-state index contributed by atoms with van der Waals surface area (Å²) in [6, 6.07) is 19.1. The number of carbonyl (C=O) groups excluding carboxylic acids is 1. The van der Waals surface area contributed by atoms with Crippen LogP contribution in [0.25, 0.3) is 11.5 Å². The van der Waals surface area contributed by atoms with Gasteiger partial charge in [0, 0.05) is 19.0 Å². The van der Waals surface area contributed by atoms with Gasteiger partial charge < -0.3 is 14.1 Å². The van der Waals surface area contributed by atoms with Crippen molar-refractivity contribution < 1.29 is 13.9 Å². The first-order valence-corrected chi connectivity index (χ1v) is 8.52. The predicted octanol–water partition coefficient (Wildman–Crippen LogP) is 3.55. The van der Waals surface area contributed by atoms with Gasteiger partial charge in [-0.2, -0.15) is 0 Å². The van der Waals surface area contributed by atoms with E-state index in [0.29, 0.717) is 31.2 Å². The summed E-state index contributed by atoms with van der Waals surface area (Å²) in [5.74, 6) is 1.70. The van der Waals surface area contributed by atoms with Gasteiger partial charge in [0.2, 0.25) is 17.7 Å². The molecule has 0 atom stereocenters. The highest BCUT2D eigenvalue weighted by atomic mass is 16.5. The van der Waals surface area contributed by atoms with Crippen molar-refractivity contribution in [3.05, 3.63) is 66.6 Å². The van der Waals surface area contributed by atoms with Gasteiger partial charge in [0.1, 0.15) is 5.75 Å². The van der Waals surface area contributed by atoms with Crippen LogP contribution in [0.1, 0.15) is 18.7 Å². The normalized spacial score (nSPS) is 10.5. The van der Waals surface area contributed by atoms with Crippen LogP contribution in [0.5, 0.6) is 5.75 Å². The maximum Gasteiger partial charge on any atom is 0.247 e. The van der Waals surface area contributed by atoms with Gasteiger partial charge in [-0.15, -0.1) is 10.2 Å². The molecule has 134 valence electrons. The Kier molecular flexibility index (Phi) is 5.98. The van der Waals surface area contributed by atoms with E-state index in [0.717, 1.165) is 11.3 Å². The van der Waals surface area contributed by atoms with E-state index in [4.69, 9.17) is 9.15 Å². The number of amides is 1. The van der Waals surface area contributed by atoms with Crippen LogP contribution in [0.4, 0.5) is 0 Å². The summed E-state index contributed by atoms with van der Waals surface area (Å²) in [6.07, 6.45) is 1.06. The highest BCUT2D eigenvalue weighted by Crippen LogP contribution is 2.17. The van der Waals surface area contributed by atoms with E-state index in [2.05, 4.69) is 10.2 Å². The molecule has 0 saturated carbocycles. The van der Waals surface area contributed by atoms with Crippen molar-refractivity contribution >= 4 is 5.91 Å². The zero-order valence-corrected chi connectivity index (χ0v) is 14.7. The summed E-state index contributed by atoms with van der Waals surface area (Å²) in [7, 11) is 1.73. The van der Waals surface area contributed by atoms with Crippen LogP contribution in [0, 0.1) is 0 Å². The topological polar surface area (TPSA) is 68.5 Å². The van der Waals surface area contributed by atoms with Crippen LogP contribution in [0.15, 0.2) is 65.1 Å². The molecule has 3 rings (SSSR count). The Labute approximate surface area is 152 Å². The summed E-state index contributed by atoms with van der Waals surface area (Å²) in [6.45, 7) is 0.792. The second-order valence-electron chi connectivity index (χ2n) is 5.88. The Morgan fingerprint density at radius 2 is 1.73 bits per heavy atom. The van der Waals surface area contributed by atoms with Crippen molar-refractivity contribution in [3.63, 3.8) is 0 Å². The maximum atomic E-state index is 12.2. The Morgan fingerprint density at radius 3 is 2.46 bits per heavy atom. The zero-order chi connectivity index (χ0) is 18.2. The third-order valence-electron chi connectivity index (χ3n) is 3.83. The number of aromatic nitrogens is 2. The SMILES string of the molecule is CN(Cc1nnc(-c2ccccc2)o1)C(=O)CCCOc1ccccc1. The summed E-state index contributed by atoms with van der Waals surface area (Å²) >= 11 is 0. The van der Waals surface area contributed by atoms with Gasteiger partial charge >= 0.3 is 0 Å². The largest absolute Gasteiger partial charge is 0.494 e. The zero-order valence-electron chi connectivity index (χ0n) is 14.7. The van der Waals surface area contributed by atoms with E-state index in [-0.39, 0.29) is 12.5 Å². The molecule has 0 aliphatic rings. The van der Waals surface area contributed by atoms with Crippen LogP contribution >= 0.6 is 0 Å². The Morgan fingerprint density at radius 1 is 1.04 bits per heavy atom. The number of nitrogens with zero attached hydrogens (tertiary/aromatic N) is 3. The van der Waals surface area contributed by atoms with Gasteiger partial charge in [0.05, 0.1) is 13.2 Å². The second-order valence-corrected chi connectivity index (χ2v) is 5.88. The summed E-state index contributed by atoms with van der Waals surface area (Å²) in [5.41, 5.74) is 0.860. The van der Waals surface area contributed by atoms with E-state index < -0.39 is 0 Å². The average molecular weight is 351 g/mol. The fourth-order valence-electron chi connectivity index (χ4n) is 2.43. The van der Waals surface area contributed by atoms with Crippen molar-refractivity contribution in [1.29, 1.82) is 0 Å². The number of rotatable bonds is 8. The Bertz CT molecular complexity index is 819. The van der Waals surface area contributed by atoms with Crippen molar-refractivity contribution in [2.75, 3.05) is 13.7 Å². The molecular formula is C20H21N3O3. The molecule has 0 unspecified atom stereocenters. The summed E-state index contributed by atoms with van der Waals surface area (Å²) in [4.78, 5) is 13.8. The number of carbonyl (C=O) groups is 1. The van der Waals surface area contributed by atoms with Gasteiger partial charge in [0.25, 0.3) is 0 Å². The van der Waals surface area contributed by atoms with Crippen molar-refractivity contribution in [2.24, 2.45) is 0 Å². The molecule has 3 aromatic rings. The minimum absolute atomic E-state index is 0.0149. The molecule has 0 fully saturated rings. The third kappa shape index (κ3) is 4.92. The van der Waals surface area contributed by atoms with Crippen LogP contribution in [0.2, 0.25) is 0 Å². The minimum Gasteiger partial charge on any atom is -0.494 e. The molecule has 2 aromatic carbocycles. The molecule has 1 amide bonds. The highest BCUT2D eigenvalue weighted by Gasteiger charge is 2.14. The molecule has 0 aliphatic carbocycles.